The predicted molar refractivity (Wildman–Crippen MR) is 73.9 cm³/mol. The molecule has 1 atom stereocenters. The zero-order valence-electron chi connectivity index (χ0n) is 10.6. The molecule has 8 heteroatoms. The van der Waals surface area contributed by atoms with Crippen LogP contribution in [0.4, 0.5) is 18.9 Å². The molecule has 0 aromatic heterocycles. The first kappa shape index (κ1) is 17.1. The second-order valence-corrected chi connectivity index (χ2v) is 5.36. The van der Waals surface area contributed by atoms with E-state index in [9.17, 15) is 18.0 Å². The van der Waals surface area contributed by atoms with Gasteiger partial charge in [0, 0.05) is 10.2 Å². The third-order valence-corrected chi connectivity index (χ3v) is 3.78. The minimum Gasteiger partial charge on any atom is -0.464 e. The number of carbonyl (C=O) groups excluding carboxylic acids is 1. The summed E-state index contributed by atoms with van der Waals surface area (Å²) in [5, 5.41) is 2.51. The van der Waals surface area contributed by atoms with Crippen LogP contribution in [0.2, 0.25) is 5.02 Å². The minimum atomic E-state index is -4.81. The fraction of sp³-hybridized carbons (Fsp3) is 0.417. The maximum atomic E-state index is 13.1. The lowest BCUT2D eigenvalue weighted by molar-refractivity contribution is -0.196. The molecule has 1 N–H and O–H groups in total. The van der Waals surface area contributed by atoms with Crippen molar-refractivity contribution in [1.29, 1.82) is 0 Å². The number of hydrogen-bond acceptors (Lipinski definition) is 3. The molecule has 0 saturated heterocycles. The largest absolute Gasteiger partial charge is 0.464 e. The molecule has 0 radical (unpaired) electrons. The molecule has 20 heavy (non-hydrogen) atoms. The van der Waals surface area contributed by atoms with Gasteiger partial charge in [0.1, 0.15) is 0 Å². The summed E-state index contributed by atoms with van der Waals surface area (Å²) in [5.74, 6) is -1.39. The summed E-state index contributed by atoms with van der Waals surface area (Å²) in [6.45, 7) is 2.03. The van der Waals surface area contributed by atoms with Crippen molar-refractivity contribution in [2.24, 2.45) is 0 Å². The molecule has 0 bridgehead atoms. The van der Waals surface area contributed by atoms with Gasteiger partial charge in [0.05, 0.1) is 11.6 Å². The summed E-state index contributed by atoms with van der Waals surface area (Å²) < 4.78 is 44.3. The molecule has 1 rings (SSSR count). The van der Waals surface area contributed by atoms with Gasteiger partial charge in [-0.1, -0.05) is 11.6 Å². The van der Waals surface area contributed by atoms with Crippen LogP contribution in [0.25, 0.3) is 0 Å². The highest BCUT2D eigenvalue weighted by Crippen LogP contribution is 2.36. The van der Waals surface area contributed by atoms with Gasteiger partial charge in [-0.15, -0.1) is 0 Å². The Labute approximate surface area is 127 Å². The Morgan fingerprint density at radius 2 is 2.05 bits per heavy atom. The van der Waals surface area contributed by atoms with E-state index in [-0.39, 0.29) is 12.3 Å². The van der Waals surface area contributed by atoms with Gasteiger partial charge >= 0.3 is 12.1 Å². The number of rotatable bonds is 4. The summed E-state index contributed by atoms with van der Waals surface area (Å²) >= 11 is 8.87. The van der Waals surface area contributed by atoms with Gasteiger partial charge in [-0.25, -0.2) is 4.79 Å². The van der Waals surface area contributed by atoms with E-state index in [2.05, 4.69) is 26.0 Å². The van der Waals surface area contributed by atoms with Crippen LogP contribution in [0, 0.1) is 0 Å². The number of nitrogens with one attached hydrogen (secondary N) is 1. The number of alkyl halides is 3. The molecule has 0 amide bonds. The van der Waals surface area contributed by atoms with E-state index >= 15 is 0 Å². The average molecular weight is 375 g/mol. The lowest BCUT2D eigenvalue weighted by atomic mass is 10.0. The molecule has 3 nitrogen and oxygen atoms in total. The predicted octanol–water partition coefficient (Wildman–Crippen LogP) is 4.40. The van der Waals surface area contributed by atoms with Crippen LogP contribution < -0.4 is 5.32 Å². The van der Waals surface area contributed by atoms with Crippen LogP contribution in [-0.2, 0) is 9.53 Å². The number of halogens is 5. The van der Waals surface area contributed by atoms with Crippen LogP contribution in [0.5, 0.6) is 0 Å². The Balaban J connectivity index is 3.13. The molecule has 0 aliphatic heterocycles. The Hall–Kier alpha value is -0.950. The van der Waals surface area contributed by atoms with E-state index in [0.29, 0.717) is 9.50 Å². The first-order valence-electron chi connectivity index (χ1n) is 5.59. The third-order valence-electron chi connectivity index (χ3n) is 2.56. The average Bonchev–Trinajstić information content (AvgIpc) is 2.32. The zero-order chi connectivity index (χ0) is 15.6. The maximum absolute atomic E-state index is 13.1. The van der Waals surface area contributed by atoms with Crippen molar-refractivity contribution in [3.05, 3.63) is 27.7 Å². The smallest absolute Gasteiger partial charge is 0.422 e. The summed E-state index contributed by atoms with van der Waals surface area (Å²) in [6.07, 6.45) is -4.81. The van der Waals surface area contributed by atoms with Crippen LogP contribution in [0.15, 0.2) is 22.7 Å². The summed E-state index contributed by atoms with van der Waals surface area (Å²) in [7, 11) is 0. The normalized spacial score (nSPS) is 14.6. The molecule has 0 saturated carbocycles. The SMILES string of the molecule is CCOC(=O)C(C)(Nc1ccc(Cl)c(Br)c1)C(F)(F)F. The van der Waals surface area contributed by atoms with Crippen LogP contribution >= 0.6 is 27.5 Å². The standard InChI is InChI=1S/C12H12BrClF3NO2/c1-3-20-10(19)11(2,12(15,16)17)18-7-4-5-9(14)8(13)6-7/h4-6,18H,3H2,1-2H3. The maximum Gasteiger partial charge on any atom is 0.422 e. The summed E-state index contributed by atoms with van der Waals surface area (Å²) in [5.41, 5.74) is -2.75. The molecule has 0 aliphatic rings. The van der Waals surface area contributed by atoms with E-state index < -0.39 is 17.7 Å². The van der Waals surface area contributed by atoms with E-state index in [1.165, 1.54) is 25.1 Å². The number of carbonyl (C=O) groups is 1. The lowest BCUT2D eigenvalue weighted by Gasteiger charge is -2.31. The van der Waals surface area contributed by atoms with Crippen LogP contribution in [-0.4, -0.2) is 24.3 Å². The van der Waals surface area contributed by atoms with Crippen molar-refractivity contribution in [3.8, 4) is 0 Å². The van der Waals surface area contributed by atoms with Gasteiger partial charge in [0.2, 0.25) is 5.54 Å². The highest BCUT2D eigenvalue weighted by molar-refractivity contribution is 9.10. The van der Waals surface area contributed by atoms with Crippen LogP contribution in [0.3, 0.4) is 0 Å². The Morgan fingerprint density at radius 3 is 2.50 bits per heavy atom. The van der Waals surface area contributed by atoms with Gasteiger partial charge in [-0.2, -0.15) is 13.2 Å². The Kier molecular flexibility index (Phi) is 5.32. The van der Waals surface area contributed by atoms with E-state index in [0.717, 1.165) is 6.92 Å². The highest BCUT2D eigenvalue weighted by Gasteiger charge is 2.58. The van der Waals surface area contributed by atoms with E-state index in [1.54, 1.807) is 0 Å². The van der Waals surface area contributed by atoms with E-state index in [4.69, 9.17) is 11.6 Å². The molecule has 1 aromatic rings. The molecule has 1 unspecified atom stereocenters. The molecule has 1 aromatic carbocycles. The van der Waals surface area contributed by atoms with E-state index in [1.807, 2.05) is 0 Å². The molecular formula is C12H12BrClF3NO2. The number of hydrogen-bond donors (Lipinski definition) is 1. The van der Waals surface area contributed by atoms with Gasteiger partial charge in [-0.05, 0) is 48.0 Å². The Morgan fingerprint density at radius 1 is 1.45 bits per heavy atom. The van der Waals surface area contributed by atoms with Crippen molar-refractivity contribution >= 4 is 39.2 Å². The number of esters is 1. The first-order chi connectivity index (χ1) is 9.11. The van der Waals surface area contributed by atoms with Gasteiger partial charge in [0.25, 0.3) is 0 Å². The molecule has 112 valence electrons. The van der Waals surface area contributed by atoms with Crippen LogP contribution in [0.1, 0.15) is 13.8 Å². The van der Waals surface area contributed by atoms with Gasteiger partial charge < -0.3 is 10.1 Å². The molecule has 0 heterocycles. The lowest BCUT2D eigenvalue weighted by Crippen LogP contribution is -2.56. The minimum absolute atomic E-state index is 0.0918. The molecule has 0 aliphatic carbocycles. The van der Waals surface area contributed by atoms with Gasteiger partial charge in [-0.3, -0.25) is 0 Å². The quantitative estimate of drug-likeness (QED) is 0.794. The number of benzene rings is 1. The van der Waals surface area contributed by atoms with Gasteiger partial charge in [0.15, 0.2) is 0 Å². The second kappa shape index (κ2) is 6.22. The first-order valence-corrected chi connectivity index (χ1v) is 6.76. The monoisotopic (exact) mass is 373 g/mol. The number of anilines is 1. The van der Waals surface area contributed by atoms with Crippen molar-refractivity contribution in [1.82, 2.24) is 0 Å². The molecule has 0 fully saturated rings. The third kappa shape index (κ3) is 3.58. The number of ether oxygens (including phenoxy) is 1. The topological polar surface area (TPSA) is 38.3 Å². The summed E-state index contributed by atoms with van der Waals surface area (Å²) in [4.78, 5) is 11.6. The fourth-order valence-corrected chi connectivity index (χ4v) is 1.87. The Bertz CT molecular complexity index is 510. The van der Waals surface area contributed by atoms with Crippen molar-refractivity contribution in [2.45, 2.75) is 25.6 Å². The zero-order valence-corrected chi connectivity index (χ0v) is 13.0. The molecule has 0 spiro atoms. The second-order valence-electron chi connectivity index (χ2n) is 4.10. The highest BCUT2D eigenvalue weighted by atomic mass is 79.9. The van der Waals surface area contributed by atoms with Crippen molar-refractivity contribution in [2.75, 3.05) is 11.9 Å². The molecular weight excluding hydrogens is 362 g/mol. The van der Waals surface area contributed by atoms with Crippen molar-refractivity contribution in [3.63, 3.8) is 0 Å². The van der Waals surface area contributed by atoms with Crippen molar-refractivity contribution < 1.29 is 22.7 Å². The summed E-state index contributed by atoms with van der Waals surface area (Å²) in [6, 6.07) is 4.11. The fourth-order valence-electron chi connectivity index (χ4n) is 1.38.